The molecule has 0 spiro atoms. The van der Waals surface area contributed by atoms with E-state index in [4.69, 9.17) is 9.47 Å². The standard InChI is InChI=1S/C14H15BrN2O2S/c1-18-12-5-3-10(7-13(12)19-2)8-16-17-9-11-4-6-14(15)20-11/h3-7,9,16H,8H2,1-2H3/b17-9+. The van der Waals surface area contributed by atoms with Gasteiger partial charge in [-0.25, -0.2) is 0 Å². The highest BCUT2D eigenvalue weighted by Gasteiger charge is 2.03. The van der Waals surface area contributed by atoms with Gasteiger partial charge in [0.2, 0.25) is 0 Å². The molecule has 0 atom stereocenters. The maximum Gasteiger partial charge on any atom is 0.161 e. The lowest BCUT2D eigenvalue weighted by molar-refractivity contribution is 0.354. The monoisotopic (exact) mass is 354 g/mol. The molecule has 2 aromatic rings. The molecule has 0 unspecified atom stereocenters. The van der Waals surface area contributed by atoms with E-state index in [0.29, 0.717) is 6.54 Å². The number of nitrogens with one attached hydrogen (secondary N) is 1. The zero-order valence-corrected chi connectivity index (χ0v) is 13.6. The number of benzene rings is 1. The quantitative estimate of drug-likeness (QED) is 0.635. The van der Waals surface area contributed by atoms with Crippen LogP contribution in [0.5, 0.6) is 11.5 Å². The van der Waals surface area contributed by atoms with E-state index < -0.39 is 0 Å². The Balaban J connectivity index is 1.92. The van der Waals surface area contributed by atoms with Gasteiger partial charge >= 0.3 is 0 Å². The largest absolute Gasteiger partial charge is 0.493 e. The van der Waals surface area contributed by atoms with Crippen LogP contribution in [0, 0.1) is 0 Å². The Morgan fingerprint density at radius 3 is 2.65 bits per heavy atom. The van der Waals surface area contributed by atoms with Crippen molar-refractivity contribution in [1.29, 1.82) is 0 Å². The van der Waals surface area contributed by atoms with Gasteiger partial charge < -0.3 is 14.9 Å². The van der Waals surface area contributed by atoms with Gasteiger partial charge in [-0.3, -0.25) is 0 Å². The lowest BCUT2D eigenvalue weighted by Crippen LogP contribution is -2.05. The second-order valence-corrected chi connectivity index (χ2v) is 6.42. The molecule has 106 valence electrons. The average molecular weight is 355 g/mol. The third-order valence-corrected chi connectivity index (χ3v) is 4.17. The van der Waals surface area contributed by atoms with Crippen molar-refractivity contribution in [2.75, 3.05) is 14.2 Å². The molecule has 1 heterocycles. The Bertz CT molecular complexity index is 599. The molecular formula is C14H15BrN2O2S. The van der Waals surface area contributed by atoms with E-state index in [2.05, 4.69) is 26.5 Å². The number of halogens is 1. The minimum absolute atomic E-state index is 0.628. The van der Waals surface area contributed by atoms with Crippen LogP contribution >= 0.6 is 27.3 Å². The van der Waals surface area contributed by atoms with E-state index in [1.165, 1.54) is 0 Å². The van der Waals surface area contributed by atoms with Crippen LogP contribution in [0.4, 0.5) is 0 Å². The van der Waals surface area contributed by atoms with E-state index in [0.717, 1.165) is 25.7 Å². The normalized spacial score (nSPS) is 10.8. The fourth-order valence-corrected chi connectivity index (χ4v) is 2.93. The van der Waals surface area contributed by atoms with Crippen molar-refractivity contribution >= 4 is 33.5 Å². The third-order valence-electron chi connectivity index (χ3n) is 2.61. The summed E-state index contributed by atoms with van der Waals surface area (Å²) >= 11 is 5.05. The molecule has 1 N–H and O–H groups in total. The molecule has 0 amide bonds. The first-order chi connectivity index (χ1) is 9.72. The maximum atomic E-state index is 5.26. The van der Waals surface area contributed by atoms with E-state index in [1.54, 1.807) is 31.8 Å². The lowest BCUT2D eigenvalue weighted by atomic mass is 10.2. The molecule has 0 saturated carbocycles. The number of hydrazone groups is 1. The zero-order chi connectivity index (χ0) is 14.4. The van der Waals surface area contributed by atoms with Crippen molar-refractivity contribution in [3.05, 3.63) is 44.6 Å². The topological polar surface area (TPSA) is 42.8 Å². The fraction of sp³-hybridized carbons (Fsp3) is 0.214. The predicted molar refractivity (Wildman–Crippen MR) is 86.0 cm³/mol. The Morgan fingerprint density at radius 1 is 1.20 bits per heavy atom. The first-order valence-electron chi connectivity index (χ1n) is 5.95. The number of thiophene rings is 1. The van der Waals surface area contributed by atoms with E-state index in [9.17, 15) is 0 Å². The molecule has 0 saturated heterocycles. The van der Waals surface area contributed by atoms with Gasteiger partial charge in [0.1, 0.15) is 0 Å². The molecule has 0 aliphatic carbocycles. The Labute approximate surface area is 130 Å². The molecule has 0 fully saturated rings. The van der Waals surface area contributed by atoms with Crippen LogP contribution in [-0.2, 0) is 6.54 Å². The number of rotatable bonds is 6. The summed E-state index contributed by atoms with van der Waals surface area (Å²) < 4.78 is 11.6. The number of hydrogen-bond donors (Lipinski definition) is 1. The van der Waals surface area contributed by atoms with E-state index >= 15 is 0 Å². The second-order valence-electron chi connectivity index (χ2n) is 3.92. The molecule has 20 heavy (non-hydrogen) atoms. The number of methoxy groups -OCH3 is 2. The van der Waals surface area contributed by atoms with Gasteiger partial charge in [-0.1, -0.05) is 6.07 Å². The van der Waals surface area contributed by atoms with Gasteiger partial charge in [-0.15, -0.1) is 11.3 Å². The van der Waals surface area contributed by atoms with Crippen molar-refractivity contribution in [1.82, 2.24) is 5.43 Å². The summed E-state index contributed by atoms with van der Waals surface area (Å²) in [4.78, 5) is 1.09. The average Bonchev–Trinajstić information content (AvgIpc) is 2.89. The van der Waals surface area contributed by atoms with Gasteiger partial charge in [0, 0.05) is 4.88 Å². The number of ether oxygens (including phenoxy) is 2. The summed E-state index contributed by atoms with van der Waals surface area (Å²) in [5, 5.41) is 4.19. The van der Waals surface area contributed by atoms with Gasteiger partial charge in [0.25, 0.3) is 0 Å². The highest BCUT2D eigenvalue weighted by atomic mass is 79.9. The number of hydrogen-bond acceptors (Lipinski definition) is 5. The zero-order valence-electron chi connectivity index (χ0n) is 11.2. The summed E-state index contributed by atoms with van der Waals surface area (Å²) in [6, 6.07) is 9.81. The maximum absolute atomic E-state index is 5.26. The summed E-state index contributed by atoms with van der Waals surface area (Å²) in [5.41, 5.74) is 4.09. The van der Waals surface area contributed by atoms with Crippen molar-refractivity contribution in [2.24, 2.45) is 5.10 Å². The van der Waals surface area contributed by atoms with E-state index in [-0.39, 0.29) is 0 Å². The summed E-state index contributed by atoms with van der Waals surface area (Å²) in [5.74, 6) is 1.45. The smallest absolute Gasteiger partial charge is 0.161 e. The highest BCUT2D eigenvalue weighted by molar-refractivity contribution is 9.11. The van der Waals surface area contributed by atoms with Crippen molar-refractivity contribution < 1.29 is 9.47 Å². The van der Waals surface area contributed by atoms with Gasteiger partial charge in [-0.2, -0.15) is 5.10 Å². The van der Waals surface area contributed by atoms with E-state index in [1.807, 2.05) is 30.3 Å². The van der Waals surface area contributed by atoms with Crippen LogP contribution < -0.4 is 14.9 Å². The molecule has 6 heteroatoms. The summed E-state index contributed by atoms with van der Waals surface area (Å²) in [6.45, 7) is 0.628. The van der Waals surface area contributed by atoms with Gasteiger partial charge in [0.05, 0.1) is 30.8 Å². The number of nitrogens with zero attached hydrogens (tertiary/aromatic N) is 1. The Hall–Kier alpha value is -1.53. The second kappa shape index (κ2) is 7.31. The first-order valence-corrected chi connectivity index (χ1v) is 7.56. The molecular weight excluding hydrogens is 340 g/mol. The van der Waals surface area contributed by atoms with Gasteiger partial charge in [-0.05, 0) is 45.8 Å². The van der Waals surface area contributed by atoms with Crippen LogP contribution in [0.3, 0.4) is 0 Å². The minimum atomic E-state index is 0.628. The predicted octanol–water partition coefficient (Wildman–Crippen LogP) is 3.65. The molecule has 0 bridgehead atoms. The van der Waals surface area contributed by atoms with Crippen LogP contribution in [-0.4, -0.2) is 20.4 Å². The van der Waals surface area contributed by atoms with Crippen LogP contribution in [0.1, 0.15) is 10.4 Å². The third kappa shape index (κ3) is 3.98. The van der Waals surface area contributed by atoms with Crippen LogP contribution in [0.25, 0.3) is 0 Å². The highest BCUT2D eigenvalue weighted by Crippen LogP contribution is 2.27. The van der Waals surface area contributed by atoms with Gasteiger partial charge in [0.15, 0.2) is 11.5 Å². The first kappa shape index (κ1) is 14.9. The molecule has 1 aromatic carbocycles. The Morgan fingerprint density at radius 2 is 2.00 bits per heavy atom. The molecule has 1 aromatic heterocycles. The summed E-state index contributed by atoms with van der Waals surface area (Å²) in [7, 11) is 3.25. The molecule has 2 rings (SSSR count). The molecule has 0 aliphatic heterocycles. The fourth-order valence-electron chi connectivity index (χ4n) is 1.63. The molecule has 0 aliphatic rings. The Kier molecular flexibility index (Phi) is 5.43. The van der Waals surface area contributed by atoms with Crippen molar-refractivity contribution in [2.45, 2.75) is 6.54 Å². The molecule has 4 nitrogen and oxygen atoms in total. The van der Waals surface area contributed by atoms with Crippen LogP contribution in [0.15, 0.2) is 39.2 Å². The lowest BCUT2D eigenvalue weighted by Gasteiger charge is -2.09. The minimum Gasteiger partial charge on any atom is -0.493 e. The van der Waals surface area contributed by atoms with Crippen molar-refractivity contribution in [3.63, 3.8) is 0 Å². The summed E-state index contributed by atoms with van der Waals surface area (Å²) in [6.07, 6.45) is 1.80. The van der Waals surface area contributed by atoms with Crippen LogP contribution in [0.2, 0.25) is 0 Å². The SMILES string of the molecule is COc1ccc(CN/N=C/c2ccc(Br)s2)cc1OC. The van der Waals surface area contributed by atoms with Crippen molar-refractivity contribution in [3.8, 4) is 11.5 Å². The molecule has 0 radical (unpaired) electrons.